The Morgan fingerprint density at radius 2 is 1.67 bits per heavy atom. The van der Waals surface area contributed by atoms with Gasteiger partial charge in [0.1, 0.15) is 16.7 Å². The van der Waals surface area contributed by atoms with E-state index in [1.807, 2.05) is 91.9 Å². The predicted molar refractivity (Wildman–Crippen MR) is 146 cm³/mol. The van der Waals surface area contributed by atoms with E-state index in [0.717, 1.165) is 16.5 Å². The van der Waals surface area contributed by atoms with E-state index >= 15 is 0 Å². The van der Waals surface area contributed by atoms with Gasteiger partial charge in [-0.2, -0.15) is 0 Å². The molecule has 180 valence electrons. The summed E-state index contributed by atoms with van der Waals surface area (Å²) in [5.74, 6) is 0.997. The molecular weight excluding hydrogens is 470 g/mol. The zero-order valence-corrected chi connectivity index (χ0v) is 20.6. The largest absolute Gasteiger partial charge is 0.457 e. The van der Waals surface area contributed by atoms with Crippen LogP contribution in [0.5, 0.6) is 11.5 Å². The van der Waals surface area contributed by atoms with Gasteiger partial charge in [0.05, 0.1) is 5.69 Å². The Hall–Kier alpha value is -4.10. The van der Waals surface area contributed by atoms with Crippen LogP contribution in [0.4, 0.5) is 11.4 Å². The second kappa shape index (κ2) is 10.7. The van der Waals surface area contributed by atoms with E-state index in [2.05, 4.69) is 5.32 Å². The number of thioether (sulfide) groups is 1. The van der Waals surface area contributed by atoms with Gasteiger partial charge < -0.3 is 10.1 Å². The number of amidine groups is 1. The quantitative estimate of drug-likeness (QED) is 0.313. The second-order valence-electron chi connectivity index (χ2n) is 8.28. The molecule has 36 heavy (non-hydrogen) atoms. The number of hydrogen-bond acceptors (Lipinski definition) is 5. The van der Waals surface area contributed by atoms with Crippen molar-refractivity contribution in [3.05, 3.63) is 97.1 Å². The molecule has 4 aromatic carbocycles. The highest BCUT2D eigenvalue weighted by molar-refractivity contribution is 8.15. The summed E-state index contributed by atoms with van der Waals surface area (Å²) in [5, 5.41) is 5.10. The van der Waals surface area contributed by atoms with Crippen LogP contribution in [0, 0.1) is 0 Å². The summed E-state index contributed by atoms with van der Waals surface area (Å²) in [6, 6.07) is 30.6. The van der Waals surface area contributed by atoms with Gasteiger partial charge >= 0.3 is 0 Å². The van der Waals surface area contributed by atoms with E-state index in [4.69, 9.17) is 9.73 Å². The van der Waals surface area contributed by atoms with Gasteiger partial charge in [0.25, 0.3) is 0 Å². The molecular formula is C29H25N3O3S. The number of benzene rings is 4. The number of ether oxygens (including phenoxy) is 1. The first kappa shape index (κ1) is 23.6. The Morgan fingerprint density at radius 1 is 0.944 bits per heavy atom. The highest BCUT2D eigenvalue weighted by Gasteiger charge is 2.38. The third kappa shape index (κ3) is 5.26. The van der Waals surface area contributed by atoms with E-state index in [1.54, 1.807) is 17.0 Å². The maximum atomic E-state index is 13.1. The number of hydrogen-bond donors (Lipinski definition) is 1. The minimum atomic E-state index is -0.526. The Balaban J connectivity index is 1.28. The number of carbonyl (C=O) groups excluding carboxylic acids is 2. The van der Waals surface area contributed by atoms with Crippen molar-refractivity contribution in [2.75, 3.05) is 11.9 Å². The number of nitrogens with zero attached hydrogens (tertiary/aromatic N) is 2. The minimum Gasteiger partial charge on any atom is -0.457 e. The lowest BCUT2D eigenvalue weighted by Gasteiger charge is -2.14. The normalized spacial score (nSPS) is 16.5. The monoisotopic (exact) mass is 495 g/mol. The van der Waals surface area contributed by atoms with Crippen molar-refractivity contribution >= 4 is 50.9 Å². The van der Waals surface area contributed by atoms with Crippen LogP contribution in [0.1, 0.15) is 13.3 Å². The molecule has 1 N–H and O–H groups in total. The summed E-state index contributed by atoms with van der Waals surface area (Å²) >= 11 is 1.34. The summed E-state index contributed by atoms with van der Waals surface area (Å²) in [7, 11) is 0. The Labute approximate surface area is 214 Å². The fraction of sp³-hybridized carbons (Fsp3) is 0.138. The third-order valence-corrected chi connectivity index (χ3v) is 6.96. The molecule has 1 fully saturated rings. The van der Waals surface area contributed by atoms with Crippen LogP contribution < -0.4 is 10.1 Å². The van der Waals surface area contributed by atoms with Crippen LogP contribution in [-0.2, 0) is 9.59 Å². The minimum absolute atomic E-state index is 0.0539. The molecule has 2 amide bonds. The molecule has 0 bridgehead atoms. The number of rotatable bonds is 7. The molecule has 1 atom stereocenters. The standard InChI is InChI=1S/C29H25N3O3S/c1-2-32-28(34)26(36-29(32)31-25-17-8-11-20-10-6-7-16-24(20)25)19-27(33)30-21-12-9-15-23(18-21)35-22-13-4-3-5-14-22/h3-18,26H,2,19H2,1H3,(H,30,33). The van der Waals surface area contributed by atoms with Crippen LogP contribution >= 0.6 is 11.8 Å². The van der Waals surface area contributed by atoms with Gasteiger partial charge in [0, 0.05) is 30.1 Å². The van der Waals surface area contributed by atoms with Gasteiger partial charge in [-0.3, -0.25) is 14.5 Å². The molecule has 0 aliphatic carbocycles. The highest BCUT2D eigenvalue weighted by atomic mass is 32.2. The van der Waals surface area contributed by atoms with E-state index in [9.17, 15) is 9.59 Å². The first-order valence-electron chi connectivity index (χ1n) is 11.8. The Bertz CT molecular complexity index is 1430. The smallest absolute Gasteiger partial charge is 0.242 e. The van der Waals surface area contributed by atoms with Crippen molar-refractivity contribution in [3.8, 4) is 11.5 Å². The summed E-state index contributed by atoms with van der Waals surface area (Å²) < 4.78 is 5.85. The lowest BCUT2D eigenvalue weighted by molar-refractivity contribution is -0.128. The van der Waals surface area contributed by atoms with E-state index in [1.165, 1.54) is 11.8 Å². The molecule has 1 unspecified atom stereocenters. The van der Waals surface area contributed by atoms with Gasteiger partial charge in [-0.25, -0.2) is 4.99 Å². The average Bonchev–Trinajstić information content (AvgIpc) is 3.18. The molecule has 4 aromatic rings. The summed E-state index contributed by atoms with van der Waals surface area (Å²) in [6.45, 7) is 2.41. The zero-order valence-electron chi connectivity index (χ0n) is 19.8. The zero-order chi connectivity index (χ0) is 24.9. The second-order valence-corrected chi connectivity index (χ2v) is 9.45. The lowest BCUT2D eigenvalue weighted by Crippen LogP contribution is -2.33. The van der Waals surface area contributed by atoms with Crippen LogP contribution in [-0.4, -0.2) is 33.7 Å². The fourth-order valence-corrected chi connectivity index (χ4v) is 5.28. The average molecular weight is 496 g/mol. The predicted octanol–water partition coefficient (Wildman–Crippen LogP) is 6.61. The summed E-state index contributed by atoms with van der Waals surface area (Å²) in [6.07, 6.45) is 0.0539. The SMILES string of the molecule is CCN1C(=O)C(CC(=O)Nc2cccc(Oc3ccccc3)c2)SC1=Nc1cccc2ccccc12. The maximum absolute atomic E-state index is 13.1. The molecule has 0 saturated carbocycles. The molecule has 1 aliphatic rings. The number of nitrogens with one attached hydrogen (secondary N) is 1. The molecule has 7 heteroatoms. The number of fused-ring (bicyclic) bond motifs is 1. The number of carbonyl (C=O) groups is 2. The summed E-state index contributed by atoms with van der Waals surface area (Å²) in [4.78, 5) is 32.4. The van der Waals surface area contributed by atoms with Crippen molar-refractivity contribution in [3.63, 3.8) is 0 Å². The fourth-order valence-electron chi connectivity index (χ4n) is 4.07. The van der Waals surface area contributed by atoms with Crippen LogP contribution in [0.2, 0.25) is 0 Å². The van der Waals surface area contributed by atoms with Crippen molar-refractivity contribution in [2.24, 2.45) is 4.99 Å². The molecule has 0 aromatic heterocycles. The molecule has 0 radical (unpaired) electrons. The first-order valence-corrected chi connectivity index (χ1v) is 12.7. The van der Waals surface area contributed by atoms with E-state index < -0.39 is 5.25 Å². The van der Waals surface area contributed by atoms with Gasteiger partial charge in [0.15, 0.2) is 5.17 Å². The Morgan fingerprint density at radius 3 is 2.50 bits per heavy atom. The van der Waals surface area contributed by atoms with Crippen molar-refractivity contribution < 1.29 is 14.3 Å². The van der Waals surface area contributed by atoms with Gasteiger partial charge in [-0.05, 0) is 42.6 Å². The topological polar surface area (TPSA) is 71.0 Å². The molecule has 0 spiro atoms. The van der Waals surface area contributed by atoms with Crippen molar-refractivity contribution in [1.29, 1.82) is 0 Å². The van der Waals surface area contributed by atoms with E-state index in [0.29, 0.717) is 28.9 Å². The molecule has 1 aliphatic heterocycles. The highest BCUT2D eigenvalue weighted by Crippen LogP contribution is 2.34. The lowest BCUT2D eigenvalue weighted by atomic mass is 10.1. The molecule has 5 rings (SSSR count). The number of amides is 2. The van der Waals surface area contributed by atoms with Gasteiger partial charge in [0.2, 0.25) is 11.8 Å². The van der Waals surface area contributed by atoms with Crippen LogP contribution in [0.25, 0.3) is 10.8 Å². The van der Waals surface area contributed by atoms with Gasteiger partial charge in [-0.15, -0.1) is 0 Å². The number of para-hydroxylation sites is 1. The first-order chi connectivity index (χ1) is 17.6. The van der Waals surface area contributed by atoms with Crippen LogP contribution in [0.3, 0.4) is 0 Å². The molecule has 1 heterocycles. The molecule has 6 nitrogen and oxygen atoms in total. The summed E-state index contributed by atoms with van der Waals surface area (Å²) in [5.41, 5.74) is 1.42. The third-order valence-electron chi connectivity index (χ3n) is 5.79. The van der Waals surface area contributed by atoms with Crippen molar-refractivity contribution in [1.82, 2.24) is 4.90 Å². The van der Waals surface area contributed by atoms with E-state index in [-0.39, 0.29) is 18.2 Å². The Kier molecular flexibility index (Phi) is 7.00. The molecule has 1 saturated heterocycles. The van der Waals surface area contributed by atoms with Crippen molar-refractivity contribution in [2.45, 2.75) is 18.6 Å². The van der Waals surface area contributed by atoms with Crippen LogP contribution in [0.15, 0.2) is 102 Å². The number of aliphatic imine (C=N–C) groups is 1. The maximum Gasteiger partial charge on any atom is 0.242 e. The number of anilines is 1. The van der Waals surface area contributed by atoms with Gasteiger partial charge in [-0.1, -0.05) is 72.4 Å².